The van der Waals surface area contributed by atoms with Gasteiger partial charge in [0.05, 0.1) is 6.61 Å². The van der Waals surface area contributed by atoms with E-state index in [0.717, 1.165) is 15.8 Å². The fourth-order valence-electron chi connectivity index (χ4n) is 1.83. The fourth-order valence-corrected chi connectivity index (χ4v) is 2.21. The Hall–Kier alpha value is -1.39. The van der Waals surface area contributed by atoms with Crippen molar-refractivity contribution in [2.24, 2.45) is 0 Å². The lowest BCUT2D eigenvalue weighted by Crippen LogP contribution is -1.98. The minimum atomic E-state index is -0.106. The SMILES string of the molecule is CC(C)c1ccccc1Oc1ncc(Br)cc1CO. The standard InChI is InChI=1S/C15H16BrNO2/c1-10(2)13-5-3-4-6-14(13)19-15-11(9-18)7-12(16)8-17-15/h3-8,10,18H,9H2,1-2H3. The van der Waals surface area contributed by atoms with Gasteiger partial charge in [-0.05, 0) is 39.5 Å². The quantitative estimate of drug-likeness (QED) is 0.915. The van der Waals surface area contributed by atoms with Gasteiger partial charge in [0.15, 0.2) is 0 Å². The summed E-state index contributed by atoms with van der Waals surface area (Å²) in [5.74, 6) is 1.59. The highest BCUT2D eigenvalue weighted by atomic mass is 79.9. The Morgan fingerprint density at radius 1 is 1.32 bits per heavy atom. The molecule has 0 fully saturated rings. The predicted octanol–water partition coefficient (Wildman–Crippen LogP) is 4.25. The molecule has 0 saturated heterocycles. The van der Waals surface area contributed by atoms with E-state index < -0.39 is 0 Å². The second-order valence-corrected chi connectivity index (χ2v) is 5.49. The zero-order valence-corrected chi connectivity index (χ0v) is 12.5. The number of benzene rings is 1. The van der Waals surface area contributed by atoms with Crippen LogP contribution < -0.4 is 4.74 Å². The van der Waals surface area contributed by atoms with Gasteiger partial charge in [0, 0.05) is 16.2 Å². The molecular formula is C15H16BrNO2. The van der Waals surface area contributed by atoms with Crippen LogP contribution >= 0.6 is 15.9 Å². The first-order valence-corrected chi connectivity index (χ1v) is 6.93. The van der Waals surface area contributed by atoms with Gasteiger partial charge in [-0.25, -0.2) is 4.98 Å². The molecule has 1 aromatic heterocycles. The first-order valence-electron chi connectivity index (χ1n) is 6.14. The minimum absolute atomic E-state index is 0.106. The number of ether oxygens (including phenoxy) is 1. The maximum atomic E-state index is 9.36. The number of aromatic nitrogens is 1. The fraction of sp³-hybridized carbons (Fsp3) is 0.267. The number of aliphatic hydroxyl groups excluding tert-OH is 1. The van der Waals surface area contributed by atoms with Crippen molar-refractivity contribution in [3.8, 4) is 11.6 Å². The van der Waals surface area contributed by atoms with E-state index in [9.17, 15) is 5.11 Å². The first kappa shape index (κ1) is 14.0. The van der Waals surface area contributed by atoms with Crippen molar-refractivity contribution in [1.29, 1.82) is 0 Å². The number of nitrogens with zero attached hydrogens (tertiary/aromatic N) is 1. The lowest BCUT2D eigenvalue weighted by atomic mass is 10.0. The second-order valence-electron chi connectivity index (χ2n) is 4.57. The summed E-state index contributed by atoms with van der Waals surface area (Å²) >= 11 is 3.33. The smallest absolute Gasteiger partial charge is 0.224 e. The van der Waals surface area contributed by atoms with Crippen molar-refractivity contribution in [2.75, 3.05) is 0 Å². The van der Waals surface area contributed by atoms with Gasteiger partial charge in [0.1, 0.15) is 5.75 Å². The first-order chi connectivity index (χ1) is 9.11. The molecule has 0 saturated carbocycles. The minimum Gasteiger partial charge on any atom is -0.438 e. The second kappa shape index (κ2) is 6.17. The molecule has 0 amide bonds. The molecule has 1 N–H and O–H groups in total. The Labute approximate surface area is 121 Å². The van der Waals surface area contributed by atoms with Gasteiger partial charge in [0.25, 0.3) is 0 Å². The van der Waals surface area contributed by atoms with E-state index in [1.54, 1.807) is 12.3 Å². The number of hydrogen-bond donors (Lipinski definition) is 1. The molecule has 100 valence electrons. The summed E-state index contributed by atoms with van der Waals surface area (Å²) in [4.78, 5) is 4.22. The summed E-state index contributed by atoms with van der Waals surface area (Å²) in [6, 6.07) is 9.68. The van der Waals surface area contributed by atoms with Crippen LogP contribution in [0.3, 0.4) is 0 Å². The van der Waals surface area contributed by atoms with Gasteiger partial charge in [-0.1, -0.05) is 32.0 Å². The van der Waals surface area contributed by atoms with Crippen LogP contribution in [0, 0.1) is 0 Å². The number of para-hydroxylation sites is 1. The van der Waals surface area contributed by atoms with Crippen molar-refractivity contribution in [2.45, 2.75) is 26.4 Å². The average molecular weight is 322 g/mol. The molecule has 1 heterocycles. The van der Waals surface area contributed by atoms with Crippen molar-refractivity contribution in [1.82, 2.24) is 4.98 Å². The van der Waals surface area contributed by atoms with E-state index in [-0.39, 0.29) is 6.61 Å². The van der Waals surface area contributed by atoms with E-state index in [4.69, 9.17) is 4.74 Å². The normalized spacial score (nSPS) is 10.8. The molecule has 2 aromatic rings. The molecule has 4 heteroatoms. The van der Waals surface area contributed by atoms with Gasteiger partial charge in [-0.2, -0.15) is 0 Å². The molecule has 0 aliphatic heterocycles. The van der Waals surface area contributed by atoms with Crippen LogP contribution in [0.4, 0.5) is 0 Å². The van der Waals surface area contributed by atoms with Gasteiger partial charge in [-0.15, -0.1) is 0 Å². The lowest BCUT2D eigenvalue weighted by Gasteiger charge is -2.14. The maximum Gasteiger partial charge on any atom is 0.224 e. The third kappa shape index (κ3) is 3.33. The molecule has 19 heavy (non-hydrogen) atoms. The van der Waals surface area contributed by atoms with E-state index in [2.05, 4.69) is 34.8 Å². The van der Waals surface area contributed by atoms with Crippen molar-refractivity contribution in [3.63, 3.8) is 0 Å². The summed E-state index contributed by atoms with van der Waals surface area (Å²) < 4.78 is 6.68. The maximum absolute atomic E-state index is 9.36. The Balaban J connectivity index is 2.36. The van der Waals surface area contributed by atoms with Crippen LogP contribution in [0.15, 0.2) is 41.0 Å². The topological polar surface area (TPSA) is 42.4 Å². The van der Waals surface area contributed by atoms with Crippen LogP contribution in [0.1, 0.15) is 30.9 Å². The summed E-state index contributed by atoms with van der Waals surface area (Å²) in [5, 5.41) is 9.36. The summed E-state index contributed by atoms with van der Waals surface area (Å²) in [5.41, 5.74) is 1.78. The van der Waals surface area contributed by atoms with Gasteiger partial charge < -0.3 is 9.84 Å². The van der Waals surface area contributed by atoms with Crippen molar-refractivity contribution in [3.05, 3.63) is 52.1 Å². The molecule has 0 unspecified atom stereocenters. The van der Waals surface area contributed by atoms with E-state index in [0.29, 0.717) is 17.4 Å². The average Bonchev–Trinajstić information content (AvgIpc) is 2.41. The van der Waals surface area contributed by atoms with Crippen LogP contribution in [0.2, 0.25) is 0 Å². The molecule has 0 atom stereocenters. The number of aliphatic hydroxyl groups is 1. The molecule has 0 aliphatic carbocycles. The zero-order chi connectivity index (χ0) is 13.8. The summed E-state index contributed by atoms with van der Waals surface area (Å²) in [6.07, 6.45) is 1.66. The number of halogens is 1. The van der Waals surface area contributed by atoms with Crippen LogP contribution in [-0.2, 0) is 6.61 Å². The summed E-state index contributed by atoms with van der Waals surface area (Å²) in [7, 11) is 0. The Bertz CT molecular complexity index is 570. The number of pyridine rings is 1. The highest BCUT2D eigenvalue weighted by Gasteiger charge is 2.11. The lowest BCUT2D eigenvalue weighted by molar-refractivity contribution is 0.274. The van der Waals surface area contributed by atoms with Crippen LogP contribution in [0.25, 0.3) is 0 Å². The summed E-state index contributed by atoms with van der Waals surface area (Å²) in [6.45, 7) is 4.12. The zero-order valence-electron chi connectivity index (χ0n) is 10.9. The molecule has 2 rings (SSSR count). The molecule has 0 radical (unpaired) electrons. The van der Waals surface area contributed by atoms with Crippen LogP contribution in [-0.4, -0.2) is 10.1 Å². The van der Waals surface area contributed by atoms with Crippen molar-refractivity contribution >= 4 is 15.9 Å². The molecule has 0 bridgehead atoms. The third-order valence-corrected chi connectivity index (χ3v) is 3.24. The van der Waals surface area contributed by atoms with Crippen LogP contribution in [0.5, 0.6) is 11.6 Å². The van der Waals surface area contributed by atoms with Gasteiger partial charge in [-0.3, -0.25) is 0 Å². The van der Waals surface area contributed by atoms with E-state index >= 15 is 0 Å². The highest BCUT2D eigenvalue weighted by molar-refractivity contribution is 9.10. The largest absolute Gasteiger partial charge is 0.438 e. The number of rotatable bonds is 4. The third-order valence-electron chi connectivity index (χ3n) is 2.81. The molecular weight excluding hydrogens is 306 g/mol. The highest BCUT2D eigenvalue weighted by Crippen LogP contribution is 2.31. The molecule has 1 aromatic carbocycles. The monoisotopic (exact) mass is 321 g/mol. The molecule has 0 aliphatic rings. The van der Waals surface area contributed by atoms with Crippen molar-refractivity contribution < 1.29 is 9.84 Å². The van der Waals surface area contributed by atoms with Gasteiger partial charge in [0.2, 0.25) is 5.88 Å². The predicted molar refractivity (Wildman–Crippen MR) is 78.5 cm³/mol. The Morgan fingerprint density at radius 2 is 2.05 bits per heavy atom. The van der Waals surface area contributed by atoms with E-state index in [1.807, 2.05) is 24.3 Å². The molecule has 0 spiro atoms. The molecule has 3 nitrogen and oxygen atoms in total. The Kier molecular flexibility index (Phi) is 4.56. The van der Waals surface area contributed by atoms with E-state index in [1.165, 1.54) is 0 Å². The number of hydrogen-bond acceptors (Lipinski definition) is 3. The van der Waals surface area contributed by atoms with Gasteiger partial charge >= 0.3 is 0 Å². The Morgan fingerprint density at radius 3 is 2.74 bits per heavy atom.